The summed E-state index contributed by atoms with van der Waals surface area (Å²) in [5.41, 5.74) is 1.73. The Morgan fingerprint density at radius 2 is 1.60 bits per heavy atom. The summed E-state index contributed by atoms with van der Waals surface area (Å²) in [7, 11) is 1.37. The van der Waals surface area contributed by atoms with Crippen LogP contribution in [0.1, 0.15) is 76.3 Å². The van der Waals surface area contributed by atoms with Crippen LogP contribution < -0.4 is 5.32 Å². The van der Waals surface area contributed by atoms with Crippen molar-refractivity contribution in [2.45, 2.75) is 77.3 Å². The van der Waals surface area contributed by atoms with Crippen molar-refractivity contribution < 1.29 is 19.1 Å². The van der Waals surface area contributed by atoms with E-state index in [9.17, 15) is 14.4 Å². The number of carbonyl (C=O) groups excluding carboxylic acids is 3. The maximum atomic E-state index is 14.0. The van der Waals surface area contributed by atoms with Crippen LogP contribution >= 0.6 is 0 Å². The number of ether oxygens (including phenoxy) is 1. The molecule has 7 heteroatoms. The van der Waals surface area contributed by atoms with E-state index in [2.05, 4.69) is 15.0 Å². The summed E-state index contributed by atoms with van der Waals surface area (Å²) in [6.07, 6.45) is 5.22. The lowest BCUT2D eigenvalue weighted by atomic mass is 9.78. The third-order valence-electron chi connectivity index (χ3n) is 6.07. The molecule has 2 aromatic rings. The third-order valence-corrected chi connectivity index (χ3v) is 6.07. The van der Waals surface area contributed by atoms with Gasteiger partial charge in [-0.25, -0.2) is 0 Å². The van der Waals surface area contributed by atoms with Crippen molar-refractivity contribution in [2.24, 2.45) is 0 Å². The predicted octanol–water partition coefficient (Wildman–Crippen LogP) is 4.44. The second kappa shape index (κ2) is 14.2. The minimum Gasteiger partial charge on any atom is -0.469 e. The predicted molar refractivity (Wildman–Crippen MR) is 137 cm³/mol. The first-order valence-electron chi connectivity index (χ1n) is 12.4. The highest BCUT2D eigenvalue weighted by atomic mass is 16.5. The van der Waals surface area contributed by atoms with E-state index < -0.39 is 5.92 Å². The molecular formula is C28H39N3O4. The molecule has 1 aromatic carbocycles. The number of pyridine rings is 1. The molecule has 0 radical (unpaired) electrons. The van der Waals surface area contributed by atoms with Crippen LogP contribution in [0, 0.1) is 0 Å². The summed E-state index contributed by atoms with van der Waals surface area (Å²) in [5.74, 6) is -1.30. The maximum absolute atomic E-state index is 14.0. The van der Waals surface area contributed by atoms with Crippen LogP contribution in [-0.2, 0) is 19.1 Å². The Kier molecular flexibility index (Phi) is 11.4. The van der Waals surface area contributed by atoms with Crippen LogP contribution in [0.4, 0.5) is 0 Å². The number of methoxy groups -OCH3 is 1. The SMILES string of the molecule is COC(=O)CCCCNC(=O)CC(c1ccccc1)C(C(=O)N(C(C)C)C(C)C)c1cccnc1. The summed E-state index contributed by atoms with van der Waals surface area (Å²) in [6.45, 7) is 8.51. The van der Waals surface area contributed by atoms with Crippen molar-refractivity contribution >= 4 is 17.8 Å². The van der Waals surface area contributed by atoms with Crippen molar-refractivity contribution in [1.29, 1.82) is 0 Å². The first-order valence-corrected chi connectivity index (χ1v) is 12.4. The van der Waals surface area contributed by atoms with Gasteiger partial charge in [-0.15, -0.1) is 0 Å². The lowest BCUT2D eigenvalue weighted by molar-refractivity contribution is -0.140. The zero-order valence-electron chi connectivity index (χ0n) is 21.6. The fourth-order valence-electron chi connectivity index (χ4n) is 4.50. The highest BCUT2D eigenvalue weighted by Gasteiger charge is 2.37. The van der Waals surface area contributed by atoms with Gasteiger partial charge in [-0.05, 0) is 57.7 Å². The van der Waals surface area contributed by atoms with Crippen LogP contribution in [0.5, 0.6) is 0 Å². The lowest BCUT2D eigenvalue weighted by Crippen LogP contribution is -2.46. The van der Waals surface area contributed by atoms with Gasteiger partial charge in [0.2, 0.25) is 11.8 Å². The van der Waals surface area contributed by atoms with Gasteiger partial charge in [0, 0.05) is 49.8 Å². The molecule has 0 aliphatic rings. The highest BCUT2D eigenvalue weighted by molar-refractivity contribution is 5.87. The molecule has 0 spiro atoms. The molecule has 1 aromatic heterocycles. The van der Waals surface area contributed by atoms with Crippen LogP contribution in [0.2, 0.25) is 0 Å². The summed E-state index contributed by atoms with van der Waals surface area (Å²) in [4.78, 5) is 44.5. The summed E-state index contributed by atoms with van der Waals surface area (Å²) >= 11 is 0. The monoisotopic (exact) mass is 481 g/mol. The van der Waals surface area contributed by atoms with E-state index in [1.165, 1.54) is 7.11 Å². The number of aromatic nitrogens is 1. The number of benzene rings is 1. The molecule has 0 bridgehead atoms. The fraction of sp³-hybridized carbons (Fsp3) is 0.500. The van der Waals surface area contributed by atoms with Crippen LogP contribution in [-0.4, -0.2) is 53.4 Å². The van der Waals surface area contributed by atoms with Crippen molar-refractivity contribution in [1.82, 2.24) is 15.2 Å². The quantitative estimate of drug-likeness (QED) is 0.337. The summed E-state index contributed by atoms with van der Waals surface area (Å²) < 4.78 is 4.66. The molecular weight excluding hydrogens is 442 g/mol. The van der Waals surface area contributed by atoms with Crippen molar-refractivity contribution in [3.8, 4) is 0 Å². The largest absolute Gasteiger partial charge is 0.469 e. The molecule has 1 N–H and O–H groups in total. The van der Waals surface area contributed by atoms with Gasteiger partial charge >= 0.3 is 5.97 Å². The van der Waals surface area contributed by atoms with Crippen molar-refractivity contribution in [3.63, 3.8) is 0 Å². The molecule has 2 atom stereocenters. The van der Waals surface area contributed by atoms with Gasteiger partial charge in [0.15, 0.2) is 0 Å². The van der Waals surface area contributed by atoms with Crippen LogP contribution in [0.15, 0.2) is 54.9 Å². The Labute approximate surface area is 209 Å². The number of amides is 2. The Morgan fingerprint density at radius 1 is 0.943 bits per heavy atom. The number of nitrogens with one attached hydrogen (secondary N) is 1. The number of rotatable bonds is 13. The molecule has 2 unspecified atom stereocenters. The van der Waals surface area contributed by atoms with Gasteiger partial charge in [-0.2, -0.15) is 0 Å². The lowest BCUT2D eigenvalue weighted by Gasteiger charge is -2.37. The average Bonchev–Trinajstić information content (AvgIpc) is 2.84. The second-order valence-electron chi connectivity index (χ2n) is 9.30. The molecule has 1 heterocycles. The van der Waals surface area contributed by atoms with Gasteiger partial charge in [-0.1, -0.05) is 36.4 Å². The number of esters is 1. The molecule has 7 nitrogen and oxygen atoms in total. The molecule has 35 heavy (non-hydrogen) atoms. The van der Waals surface area contributed by atoms with Gasteiger partial charge < -0.3 is 15.0 Å². The topological polar surface area (TPSA) is 88.6 Å². The normalized spacial score (nSPS) is 12.8. The Bertz CT molecular complexity index is 924. The molecule has 0 aliphatic heterocycles. The van der Waals surface area contributed by atoms with E-state index in [0.29, 0.717) is 25.8 Å². The van der Waals surface area contributed by atoms with E-state index in [4.69, 9.17) is 0 Å². The minimum atomic E-state index is -0.555. The van der Waals surface area contributed by atoms with Crippen molar-refractivity contribution in [3.05, 3.63) is 66.0 Å². The molecule has 2 amide bonds. The minimum absolute atomic E-state index is 0.0114. The number of unbranched alkanes of at least 4 members (excludes halogenated alkanes) is 1. The highest BCUT2D eigenvalue weighted by Crippen LogP contribution is 2.38. The maximum Gasteiger partial charge on any atom is 0.305 e. The first kappa shape index (κ1) is 28.0. The Hall–Kier alpha value is -3.22. The molecule has 0 saturated carbocycles. The van der Waals surface area contributed by atoms with E-state index >= 15 is 0 Å². The van der Waals surface area contributed by atoms with Crippen molar-refractivity contribution in [2.75, 3.05) is 13.7 Å². The second-order valence-corrected chi connectivity index (χ2v) is 9.30. The van der Waals surface area contributed by atoms with E-state index in [0.717, 1.165) is 11.1 Å². The number of hydrogen-bond donors (Lipinski definition) is 1. The number of hydrogen-bond acceptors (Lipinski definition) is 5. The Morgan fingerprint density at radius 3 is 2.17 bits per heavy atom. The average molecular weight is 482 g/mol. The first-order chi connectivity index (χ1) is 16.8. The molecule has 190 valence electrons. The molecule has 0 fully saturated rings. The number of nitrogens with zero attached hydrogens (tertiary/aromatic N) is 2. The van der Waals surface area contributed by atoms with Gasteiger partial charge in [0.05, 0.1) is 13.0 Å². The molecule has 2 rings (SSSR count). The summed E-state index contributed by atoms with van der Waals surface area (Å²) in [5, 5.41) is 2.96. The third kappa shape index (κ3) is 8.50. The van der Waals surface area contributed by atoms with Crippen LogP contribution in [0.25, 0.3) is 0 Å². The van der Waals surface area contributed by atoms with E-state index in [-0.39, 0.29) is 42.2 Å². The number of carbonyl (C=O) groups is 3. The van der Waals surface area contributed by atoms with E-state index in [1.807, 2.05) is 75.1 Å². The zero-order chi connectivity index (χ0) is 25.8. The zero-order valence-corrected chi connectivity index (χ0v) is 21.6. The fourth-order valence-corrected chi connectivity index (χ4v) is 4.50. The van der Waals surface area contributed by atoms with Gasteiger partial charge in [-0.3, -0.25) is 19.4 Å². The van der Waals surface area contributed by atoms with Gasteiger partial charge in [0.1, 0.15) is 0 Å². The summed E-state index contributed by atoms with van der Waals surface area (Å²) in [6, 6.07) is 13.5. The van der Waals surface area contributed by atoms with Crippen LogP contribution in [0.3, 0.4) is 0 Å². The Balaban J connectivity index is 2.31. The smallest absolute Gasteiger partial charge is 0.305 e. The standard InChI is InChI=1S/C28H39N3O4/c1-20(2)31(21(3)4)28(34)27(23-14-11-16-29-19-23)24(22-12-7-6-8-13-22)18-25(32)30-17-10-9-15-26(33)35-5/h6-8,11-14,16,19-21,24,27H,9-10,15,17-18H2,1-5H3,(H,30,32). The molecule has 0 aliphatic carbocycles. The molecule has 0 saturated heterocycles. The van der Waals surface area contributed by atoms with Gasteiger partial charge in [0.25, 0.3) is 0 Å². The van der Waals surface area contributed by atoms with E-state index in [1.54, 1.807) is 12.4 Å².